The molecule has 0 aromatic carbocycles. The summed E-state index contributed by atoms with van der Waals surface area (Å²) in [4.78, 5) is 23.7. The molecule has 23 heavy (non-hydrogen) atoms. The largest absolute Gasteiger partial charge is 0.490 e. The summed E-state index contributed by atoms with van der Waals surface area (Å²) in [6.45, 7) is 0. The number of ether oxygens (including phenoxy) is 2. The highest BCUT2D eigenvalue weighted by molar-refractivity contribution is 6.06. The molecule has 5 nitrogen and oxygen atoms in total. The summed E-state index contributed by atoms with van der Waals surface area (Å²) in [5.41, 5.74) is -1.62. The zero-order valence-electron chi connectivity index (χ0n) is 10.1. The highest BCUT2D eigenvalue weighted by atomic mass is 19.4. The molecule has 0 radical (unpaired) electrons. The molecule has 0 saturated heterocycles. The van der Waals surface area contributed by atoms with Crippen LogP contribution in [0.5, 0.6) is 0 Å². The first-order valence-corrected chi connectivity index (χ1v) is 5.07. The molecule has 0 aromatic heterocycles. The van der Waals surface area contributed by atoms with E-state index in [4.69, 9.17) is 0 Å². The zero-order valence-corrected chi connectivity index (χ0v) is 10.1. The van der Waals surface area contributed by atoms with Crippen molar-refractivity contribution in [2.24, 2.45) is 4.99 Å². The molecule has 0 aromatic rings. The van der Waals surface area contributed by atoms with Gasteiger partial charge in [0.15, 0.2) is 5.70 Å². The van der Waals surface area contributed by atoms with E-state index >= 15 is 0 Å². The lowest BCUT2D eigenvalue weighted by atomic mass is 10.2. The number of carbonyl (C=O) groups is 2. The molecule has 0 unspecified atom stereocenters. The summed E-state index contributed by atoms with van der Waals surface area (Å²) in [6, 6.07) is 0. The number of hydrogen-bond acceptors (Lipinski definition) is 5. The molecule has 1 atom stereocenters. The lowest BCUT2D eigenvalue weighted by molar-refractivity contribution is -0.235. The molecule has 1 aliphatic rings. The Kier molecular flexibility index (Phi) is 4.68. The predicted octanol–water partition coefficient (Wildman–Crippen LogP) is 2.42. The number of alkyl halides is 9. The highest BCUT2D eigenvalue weighted by Gasteiger charge is 2.50. The molecule has 0 aliphatic carbocycles. The van der Waals surface area contributed by atoms with Gasteiger partial charge in [-0.3, -0.25) is 0 Å². The molecule has 0 spiro atoms. The Bertz CT molecular complexity index is 569. The minimum absolute atomic E-state index is 0.537. The maximum Gasteiger partial charge on any atom is 0.490 e. The third kappa shape index (κ3) is 4.85. The Morgan fingerprint density at radius 2 is 1.61 bits per heavy atom. The predicted molar refractivity (Wildman–Crippen MR) is 49.7 cm³/mol. The van der Waals surface area contributed by atoms with E-state index in [0.29, 0.717) is 0 Å². The number of halogens is 9. The summed E-state index contributed by atoms with van der Waals surface area (Å²) in [7, 11) is 0. The summed E-state index contributed by atoms with van der Waals surface area (Å²) in [6.07, 6.45) is -21.0. The number of aliphatic imine (C=N–C) groups is 1. The lowest BCUT2D eigenvalue weighted by Gasteiger charge is -2.18. The molecular weight excluding hydrogens is 357 g/mol. The number of hydrogen-bond donors (Lipinski definition) is 0. The van der Waals surface area contributed by atoms with Crippen LogP contribution in [0.15, 0.2) is 16.8 Å². The Balaban J connectivity index is 3.14. The Labute approximate surface area is 119 Å². The summed E-state index contributed by atoms with van der Waals surface area (Å²) in [5, 5.41) is 0. The van der Waals surface area contributed by atoms with Crippen LogP contribution in [-0.2, 0) is 19.1 Å². The third-order valence-corrected chi connectivity index (χ3v) is 1.96. The van der Waals surface area contributed by atoms with Crippen molar-refractivity contribution in [2.45, 2.75) is 24.6 Å². The van der Waals surface area contributed by atoms with Gasteiger partial charge in [0.2, 0.25) is 6.10 Å². The fourth-order valence-electron chi connectivity index (χ4n) is 1.07. The van der Waals surface area contributed by atoms with Crippen molar-refractivity contribution in [1.29, 1.82) is 0 Å². The molecule has 14 heteroatoms. The van der Waals surface area contributed by atoms with Crippen LogP contribution in [0.25, 0.3) is 0 Å². The molecule has 0 fully saturated rings. The van der Waals surface area contributed by atoms with Gasteiger partial charge in [-0.1, -0.05) is 0 Å². The smallest absolute Gasteiger partial charge is 0.442 e. The first-order chi connectivity index (χ1) is 10.1. The SMILES string of the molecule is O=C1OC(C(F)(F)F)=N/C1=C\[C@@H](OC(=O)C(F)(F)F)C(F)(F)F. The van der Waals surface area contributed by atoms with Crippen LogP contribution in [0, 0.1) is 0 Å². The van der Waals surface area contributed by atoms with Crippen molar-refractivity contribution in [3.63, 3.8) is 0 Å². The van der Waals surface area contributed by atoms with Crippen molar-refractivity contribution < 1.29 is 58.6 Å². The second kappa shape index (κ2) is 5.73. The van der Waals surface area contributed by atoms with Crippen LogP contribution in [0.1, 0.15) is 0 Å². The molecule has 0 bridgehead atoms. The van der Waals surface area contributed by atoms with Gasteiger partial charge in [0.05, 0.1) is 0 Å². The van der Waals surface area contributed by atoms with E-state index < -0.39 is 54.2 Å². The molecule has 1 heterocycles. The quantitative estimate of drug-likeness (QED) is 0.432. The standard InChI is InChI=1S/C9H2F9NO4/c10-7(11,12)3(22-6(21)9(16,17)18)1-2-4(20)23-5(19-2)8(13,14)15/h1,3H/b2-1-/t3-/m1/s1. The Hall–Kier alpha value is -2.28. The fourth-order valence-corrected chi connectivity index (χ4v) is 1.07. The number of esters is 2. The van der Waals surface area contributed by atoms with E-state index in [-0.39, 0.29) is 0 Å². The average Bonchev–Trinajstić information content (AvgIpc) is 2.67. The third-order valence-electron chi connectivity index (χ3n) is 1.96. The van der Waals surface area contributed by atoms with Crippen molar-refractivity contribution in [2.75, 3.05) is 0 Å². The molecular formula is C9H2F9NO4. The van der Waals surface area contributed by atoms with Crippen LogP contribution < -0.4 is 0 Å². The summed E-state index contributed by atoms with van der Waals surface area (Å²) >= 11 is 0. The summed E-state index contributed by atoms with van der Waals surface area (Å²) in [5.74, 6) is -7.48. The maximum absolute atomic E-state index is 12.5. The first-order valence-electron chi connectivity index (χ1n) is 5.07. The van der Waals surface area contributed by atoms with Crippen LogP contribution in [0.3, 0.4) is 0 Å². The van der Waals surface area contributed by atoms with Crippen LogP contribution in [-0.4, -0.2) is 42.5 Å². The van der Waals surface area contributed by atoms with Gasteiger partial charge >= 0.3 is 36.4 Å². The number of rotatable bonds is 2. The minimum atomic E-state index is -5.79. The molecule has 0 saturated carbocycles. The first kappa shape index (κ1) is 18.8. The van der Waals surface area contributed by atoms with Gasteiger partial charge in [-0.2, -0.15) is 39.5 Å². The van der Waals surface area contributed by atoms with Crippen molar-refractivity contribution in [3.8, 4) is 0 Å². The van der Waals surface area contributed by atoms with Crippen molar-refractivity contribution in [3.05, 3.63) is 11.8 Å². The van der Waals surface area contributed by atoms with Gasteiger partial charge in [-0.25, -0.2) is 14.6 Å². The van der Waals surface area contributed by atoms with Gasteiger partial charge in [-0.15, -0.1) is 0 Å². The van der Waals surface area contributed by atoms with Gasteiger partial charge < -0.3 is 9.47 Å². The van der Waals surface area contributed by atoms with Crippen molar-refractivity contribution >= 4 is 17.8 Å². The van der Waals surface area contributed by atoms with Gasteiger partial charge in [0.25, 0.3) is 0 Å². The van der Waals surface area contributed by atoms with E-state index in [2.05, 4.69) is 14.5 Å². The molecule has 1 rings (SSSR count). The van der Waals surface area contributed by atoms with Crippen LogP contribution >= 0.6 is 0 Å². The van der Waals surface area contributed by atoms with E-state index in [0.717, 1.165) is 0 Å². The number of cyclic esters (lactones) is 1. The Morgan fingerprint density at radius 3 is 1.96 bits per heavy atom. The maximum atomic E-state index is 12.5. The molecule has 0 amide bonds. The zero-order chi connectivity index (χ0) is 18.2. The lowest BCUT2D eigenvalue weighted by Crippen LogP contribution is -2.37. The van der Waals surface area contributed by atoms with Crippen molar-refractivity contribution in [1.82, 2.24) is 0 Å². The highest BCUT2D eigenvalue weighted by Crippen LogP contribution is 2.30. The van der Waals surface area contributed by atoms with E-state index in [1.165, 1.54) is 0 Å². The van der Waals surface area contributed by atoms with Gasteiger partial charge in [0, 0.05) is 0 Å². The summed E-state index contributed by atoms with van der Waals surface area (Å²) < 4.78 is 116. The molecule has 0 N–H and O–H groups in total. The van der Waals surface area contributed by atoms with Gasteiger partial charge in [0.1, 0.15) is 0 Å². The van der Waals surface area contributed by atoms with Crippen LogP contribution in [0.4, 0.5) is 39.5 Å². The second-order valence-corrected chi connectivity index (χ2v) is 3.72. The fraction of sp³-hybridized carbons (Fsp3) is 0.444. The van der Waals surface area contributed by atoms with Gasteiger partial charge in [-0.05, 0) is 6.08 Å². The second-order valence-electron chi connectivity index (χ2n) is 3.72. The average molecular weight is 359 g/mol. The topological polar surface area (TPSA) is 65.0 Å². The number of carbonyl (C=O) groups excluding carboxylic acids is 2. The normalized spacial score (nSPS) is 19.4. The molecule has 130 valence electrons. The monoisotopic (exact) mass is 359 g/mol. The Morgan fingerprint density at radius 1 is 1.09 bits per heavy atom. The molecule has 1 aliphatic heterocycles. The minimum Gasteiger partial charge on any atom is -0.442 e. The van der Waals surface area contributed by atoms with E-state index in [1.807, 2.05) is 0 Å². The van der Waals surface area contributed by atoms with E-state index in [1.54, 1.807) is 0 Å². The van der Waals surface area contributed by atoms with Crippen LogP contribution in [0.2, 0.25) is 0 Å². The van der Waals surface area contributed by atoms with E-state index in [9.17, 15) is 49.1 Å². The number of nitrogens with zero attached hydrogens (tertiary/aromatic N) is 1.